The van der Waals surface area contributed by atoms with E-state index in [1.54, 1.807) is 25.3 Å². The molecule has 0 aliphatic carbocycles. The van der Waals surface area contributed by atoms with Gasteiger partial charge in [-0.3, -0.25) is 0 Å². The number of hydrogen-bond acceptors (Lipinski definition) is 3. The molecule has 0 saturated heterocycles. The highest BCUT2D eigenvalue weighted by molar-refractivity contribution is 9.10. The van der Waals surface area contributed by atoms with Crippen molar-refractivity contribution < 1.29 is 14.6 Å². The van der Waals surface area contributed by atoms with Crippen LogP contribution in [0.4, 0.5) is 5.69 Å². The number of hydrogen-bond donors (Lipinski definition) is 2. The highest BCUT2D eigenvalue weighted by Crippen LogP contribution is 2.30. The molecule has 0 aliphatic rings. The maximum atomic E-state index is 11.5. The number of ether oxygens (including phenoxy) is 1. The van der Waals surface area contributed by atoms with Gasteiger partial charge in [0.2, 0.25) is 0 Å². The molecule has 0 aromatic heterocycles. The fraction of sp³-hybridized carbons (Fsp3) is 0.133. The third kappa shape index (κ3) is 3.98. The van der Waals surface area contributed by atoms with Crippen LogP contribution in [-0.4, -0.2) is 18.2 Å². The lowest BCUT2D eigenvalue weighted by Gasteiger charge is -2.17. The van der Waals surface area contributed by atoms with Gasteiger partial charge in [-0.1, -0.05) is 28.1 Å². The number of carboxylic acids is 1. The SMILES string of the molecule is COc1ccc(C(Nc2cccc(Br)c2)C(=O)O)cc1Br. The Labute approximate surface area is 139 Å². The topological polar surface area (TPSA) is 58.6 Å². The van der Waals surface area contributed by atoms with E-state index in [1.807, 2.05) is 24.3 Å². The van der Waals surface area contributed by atoms with Crippen molar-refractivity contribution in [2.45, 2.75) is 6.04 Å². The third-order valence-electron chi connectivity index (χ3n) is 2.89. The van der Waals surface area contributed by atoms with Crippen LogP contribution in [0.2, 0.25) is 0 Å². The van der Waals surface area contributed by atoms with Crippen LogP contribution >= 0.6 is 31.9 Å². The lowest BCUT2D eigenvalue weighted by Crippen LogP contribution is -2.20. The number of benzene rings is 2. The number of methoxy groups -OCH3 is 1. The molecule has 21 heavy (non-hydrogen) atoms. The Hall–Kier alpha value is -1.53. The molecule has 1 unspecified atom stereocenters. The van der Waals surface area contributed by atoms with E-state index >= 15 is 0 Å². The van der Waals surface area contributed by atoms with Crippen molar-refractivity contribution in [2.75, 3.05) is 12.4 Å². The van der Waals surface area contributed by atoms with Crippen LogP contribution in [-0.2, 0) is 4.79 Å². The number of carbonyl (C=O) groups is 1. The number of anilines is 1. The minimum absolute atomic E-state index is 0.634. The summed E-state index contributed by atoms with van der Waals surface area (Å²) in [6.07, 6.45) is 0. The van der Waals surface area contributed by atoms with Crippen LogP contribution in [0.25, 0.3) is 0 Å². The quantitative estimate of drug-likeness (QED) is 0.758. The molecule has 4 nitrogen and oxygen atoms in total. The number of rotatable bonds is 5. The van der Waals surface area contributed by atoms with E-state index in [2.05, 4.69) is 37.2 Å². The van der Waals surface area contributed by atoms with E-state index in [-0.39, 0.29) is 0 Å². The monoisotopic (exact) mass is 413 g/mol. The summed E-state index contributed by atoms with van der Waals surface area (Å²) in [5.41, 5.74) is 1.36. The van der Waals surface area contributed by atoms with Crippen molar-refractivity contribution in [3.8, 4) is 5.75 Å². The Morgan fingerprint density at radius 2 is 2.00 bits per heavy atom. The van der Waals surface area contributed by atoms with Crippen LogP contribution < -0.4 is 10.1 Å². The first-order valence-electron chi connectivity index (χ1n) is 6.09. The summed E-state index contributed by atoms with van der Waals surface area (Å²) in [5.74, 6) is -0.294. The molecule has 0 fully saturated rings. The number of aliphatic carboxylic acids is 1. The van der Waals surface area contributed by atoms with Crippen LogP contribution in [0.5, 0.6) is 5.75 Å². The average molecular weight is 415 g/mol. The van der Waals surface area contributed by atoms with E-state index in [1.165, 1.54) is 0 Å². The molecule has 0 heterocycles. The van der Waals surface area contributed by atoms with Crippen LogP contribution in [0.1, 0.15) is 11.6 Å². The van der Waals surface area contributed by atoms with Crippen LogP contribution in [0.15, 0.2) is 51.4 Å². The lowest BCUT2D eigenvalue weighted by atomic mass is 10.1. The van der Waals surface area contributed by atoms with E-state index in [0.717, 1.165) is 10.2 Å². The van der Waals surface area contributed by atoms with Crippen molar-refractivity contribution >= 4 is 43.5 Å². The fourth-order valence-corrected chi connectivity index (χ4v) is 2.85. The molecule has 0 spiro atoms. The molecule has 0 bridgehead atoms. The van der Waals surface area contributed by atoms with Gasteiger partial charge in [-0.2, -0.15) is 0 Å². The van der Waals surface area contributed by atoms with E-state index < -0.39 is 12.0 Å². The summed E-state index contributed by atoms with van der Waals surface area (Å²) in [6.45, 7) is 0. The predicted octanol–water partition coefficient (Wildman–Crippen LogP) is 4.46. The van der Waals surface area contributed by atoms with Gasteiger partial charge in [-0.15, -0.1) is 0 Å². The first kappa shape index (κ1) is 15.9. The zero-order chi connectivity index (χ0) is 15.4. The molecule has 0 radical (unpaired) electrons. The van der Waals surface area contributed by atoms with Gasteiger partial charge in [0.15, 0.2) is 6.04 Å². The first-order chi connectivity index (χ1) is 10.0. The Morgan fingerprint density at radius 1 is 1.24 bits per heavy atom. The third-order valence-corrected chi connectivity index (χ3v) is 4.00. The normalized spacial score (nSPS) is 11.8. The zero-order valence-electron chi connectivity index (χ0n) is 11.1. The molecule has 0 amide bonds. The minimum Gasteiger partial charge on any atom is -0.496 e. The first-order valence-corrected chi connectivity index (χ1v) is 7.68. The van der Waals surface area contributed by atoms with E-state index in [0.29, 0.717) is 15.8 Å². The fourth-order valence-electron chi connectivity index (χ4n) is 1.89. The van der Waals surface area contributed by atoms with Gasteiger partial charge in [0.1, 0.15) is 5.75 Å². The Morgan fingerprint density at radius 3 is 2.57 bits per heavy atom. The van der Waals surface area contributed by atoms with Gasteiger partial charge in [0, 0.05) is 10.2 Å². The van der Waals surface area contributed by atoms with Gasteiger partial charge in [-0.25, -0.2) is 4.79 Å². The van der Waals surface area contributed by atoms with Gasteiger partial charge >= 0.3 is 5.97 Å². The average Bonchev–Trinajstić information content (AvgIpc) is 2.44. The summed E-state index contributed by atoms with van der Waals surface area (Å²) < 4.78 is 6.75. The molecular weight excluding hydrogens is 402 g/mol. The predicted molar refractivity (Wildman–Crippen MR) is 88.8 cm³/mol. The smallest absolute Gasteiger partial charge is 0.330 e. The van der Waals surface area contributed by atoms with Gasteiger partial charge in [-0.05, 0) is 51.8 Å². The highest BCUT2D eigenvalue weighted by Gasteiger charge is 2.20. The molecule has 2 rings (SSSR count). The highest BCUT2D eigenvalue weighted by atomic mass is 79.9. The van der Waals surface area contributed by atoms with Crippen LogP contribution in [0.3, 0.4) is 0 Å². The maximum Gasteiger partial charge on any atom is 0.330 e. The Kier molecular flexibility index (Phi) is 5.25. The second kappa shape index (κ2) is 6.95. The van der Waals surface area contributed by atoms with Crippen molar-refractivity contribution in [1.82, 2.24) is 0 Å². The van der Waals surface area contributed by atoms with Gasteiger partial charge < -0.3 is 15.2 Å². The standard InChI is InChI=1S/C15H13Br2NO3/c1-21-13-6-5-9(7-12(13)17)14(15(19)20)18-11-4-2-3-10(16)8-11/h2-8,14,18H,1H3,(H,19,20). The van der Waals surface area contributed by atoms with Crippen molar-refractivity contribution in [3.63, 3.8) is 0 Å². The summed E-state index contributed by atoms with van der Waals surface area (Å²) in [5, 5.41) is 12.5. The molecule has 6 heteroatoms. The van der Waals surface area contributed by atoms with Crippen molar-refractivity contribution in [1.29, 1.82) is 0 Å². The zero-order valence-corrected chi connectivity index (χ0v) is 14.3. The minimum atomic E-state index is -0.952. The summed E-state index contributed by atoms with van der Waals surface area (Å²) in [6, 6.07) is 11.7. The summed E-state index contributed by atoms with van der Waals surface area (Å²) >= 11 is 6.73. The molecule has 2 aromatic carbocycles. The van der Waals surface area contributed by atoms with E-state index in [4.69, 9.17) is 4.74 Å². The number of nitrogens with one attached hydrogen (secondary N) is 1. The van der Waals surface area contributed by atoms with E-state index in [9.17, 15) is 9.90 Å². The number of halogens is 2. The summed E-state index contributed by atoms with van der Waals surface area (Å²) in [4.78, 5) is 11.5. The second-order valence-electron chi connectivity index (χ2n) is 4.32. The molecule has 2 N–H and O–H groups in total. The molecular formula is C15H13Br2NO3. The van der Waals surface area contributed by atoms with Crippen LogP contribution in [0, 0.1) is 0 Å². The molecule has 110 valence electrons. The Balaban J connectivity index is 2.31. The summed E-state index contributed by atoms with van der Waals surface area (Å²) in [7, 11) is 1.56. The maximum absolute atomic E-state index is 11.5. The van der Waals surface area contributed by atoms with Crippen molar-refractivity contribution in [2.24, 2.45) is 0 Å². The van der Waals surface area contributed by atoms with Gasteiger partial charge in [0.25, 0.3) is 0 Å². The molecule has 0 saturated carbocycles. The number of carboxylic acid groups (broad SMARTS) is 1. The largest absolute Gasteiger partial charge is 0.496 e. The Bertz CT molecular complexity index is 661. The molecule has 1 atom stereocenters. The molecule has 0 aliphatic heterocycles. The van der Waals surface area contributed by atoms with Gasteiger partial charge in [0.05, 0.1) is 11.6 Å². The lowest BCUT2D eigenvalue weighted by molar-refractivity contribution is -0.138. The van der Waals surface area contributed by atoms with Crippen molar-refractivity contribution in [3.05, 3.63) is 57.0 Å². The molecule has 2 aromatic rings. The second-order valence-corrected chi connectivity index (χ2v) is 6.09.